The quantitative estimate of drug-likeness (QED) is 0.712. The minimum absolute atomic E-state index is 0.440. The molecule has 80 valence electrons. The zero-order valence-electron chi connectivity index (χ0n) is 8.95. The standard InChI is InChI=1S/C11H19NO2/c1-9(2)3-5-13-8-10-4-6-14-11(10)7-12/h4,6,9H,3,5,7-8,12H2,1-2H3. The van der Waals surface area contributed by atoms with E-state index >= 15 is 0 Å². The Morgan fingerprint density at radius 2 is 2.29 bits per heavy atom. The number of hydrogen-bond acceptors (Lipinski definition) is 3. The summed E-state index contributed by atoms with van der Waals surface area (Å²) in [4.78, 5) is 0. The maximum Gasteiger partial charge on any atom is 0.122 e. The Morgan fingerprint density at radius 3 is 2.93 bits per heavy atom. The van der Waals surface area contributed by atoms with Crippen molar-refractivity contribution in [3.8, 4) is 0 Å². The number of furan rings is 1. The second-order valence-corrected chi connectivity index (χ2v) is 3.81. The van der Waals surface area contributed by atoms with Gasteiger partial charge in [-0.05, 0) is 18.4 Å². The van der Waals surface area contributed by atoms with Crippen LogP contribution in [0, 0.1) is 5.92 Å². The Balaban J connectivity index is 2.24. The summed E-state index contributed by atoms with van der Waals surface area (Å²) in [6.45, 7) is 6.22. The first-order valence-electron chi connectivity index (χ1n) is 5.07. The monoisotopic (exact) mass is 197 g/mol. The van der Waals surface area contributed by atoms with Crippen LogP contribution < -0.4 is 5.73 Å². The van der Waals surface area contributed by atoms with Crippen LogP contribution in [0.4, 0.5) is 0 Å². The smallest absolute Gasteiger partial charge is 0.122 e. The van der Waals surface area contributed by atoms with Gasteiger partial charge in [-0.3, -0.25) is 0 Å². The number of rotatable bonds is 6. The van der Waals surface area contributed by atoms with Crippen molar-refractivity contribution in [3.05, 3.63) is 23.7 Å². The van der Waals surface area contributed by atoms with Crippen molar-refractivity contribution in [3.63, 3.8) is 0 Å². The van der Waals surface area contributed by atoms with Crippen LogP contribution in [-0.2, 0) is 17.9 Å². The third-order valence-corrected chi connectivity index (χ3v) is 2.12. The summed E-state index contributed by atoms with van der Waals surface area (Å²) in [5.41, 5.74) is 6.56. The van der Waals surface area contributed by atoms with E-state index in [1.165, 1.54) is 0 Å². The Morgan fingerprint density at radius 1 is 1.50 bits per heavy atom. The van der Waals surface area contributed by atoms with E-state index in [0.717, 1.165) is 24.4 Å². The van der Waals surface area contributed by atoms with Crippen LogP contribution in [0.3, 0.4) is 0 Å². The SMILES string of the molecule is CC(C)CCOCc1ccoc1CN. The fourth-order valence-electron chi connectivity index (χ4n) is 1.18. The van der Waals surface area contributed by atoms with Crippen molar-refractivity contribution in [2.45, 2.75) is 33.4 Å². The molecule has 0 aliphatic carbocycles. The first-order valence-corrected chi connectivity index (χ1v) is 5.07. The van der Waals surface area contributed by atoms with Gasteiger partial charge in [0.2, 0.25) is 0 Å². The molecule has 0 aromatic carbocycles. The summed E-state index contributed by atoms with van der Waals surface area (Å²) >= 11 is 0. The van der Waals surface area contributed by atoms with E-state index in [9.17, 15) is 0 Å². The van der Waals surface area contributed by atoms with Gasteiger partial charge in [-0.1, -0.05) is 13.8 Å². The van der Waals surface area contributed by atoms with E-state index < -0.39 is 0 Å². The predicted octanol–water partition coefficient (Wildman–Crippen LogP) is 2.30. The molecule has 0 aliphatic rings. The molecule has 0 aliphatic heterocycles. The van der Waals surface area contributed by atoms with Crippen molar-refractivity contribution in [1.82, 2.24) is 0 Å². The molecule has 1 aromatic heterocycles. The summed E-state index contributed by atoms with van der Waals surface area (Å²) in [6, 6.07) is 1.91. The minimum atomic E-state index is 0.440. The molecule has 0 amide bonds. The highest BCUT2D eigenvalue weighted by atomic mass is 16.5. The molecule has 0 atom stereocenters. The van der Waals surface area contributed by atoms with Gasteiger partial charge in [0.15, 0.2) is 0 Å². The highest BCUT2D eigenvalue weighted by Crippen LogP contribution is 2.11. The molecule has 3 heteroatoms. The van der Waals surface area contributed by atoms with Crippen LogP contribution in [0.5, 0.6) is 0 Å². The Labute approximate surface area is 85.2 Å². The highest BCUT2D eigenvalue weighted by molar-refractivity contribution is 5.15. The van der Waals surface area contributed by atoms with Crippen LogP contribution in [0.15, 0.2) is 16.7 Å². The van der Waals surface area contributed by atoms with Gasteiger partial charge >= 0.3 is 0 Å². The topological polar surface area (TPSA) is 48.4 Å². The van der Waals surface area contributed by atoms with Crippen LogP contribution >= 0.6 is 0 Å². The Bertz CT molecular complexity index is 256. The zero-order valence-corrected chi connectivity index (χ0v) is 8.95. The van der Waals surface area contributed by atoms with Crippen LogP contribution in [0.1, 0.15) is 31.6 Å². The summed E-state index contributed by atoms with van der Waals surface area (Å²) in [5, 5.41) is 0. The minimum Gasteiger partial charge on any atom is -0.468 e. The van der Waals surface area contributed by atoms with E-state index in [1.54, 1.807) is 6.26 Å². The third-order valence-electron chi connectivity index (χ3n) is 2.12. The molecule has 3 nitrogen and oxygen atoms in total. The van der Waals surface area contributed by atoms with Gasteiger partial charge in [-0.25, -0.2) is 0 Å². The van der Waals surface area contributed by atoms with Crippen LogP contribution in [-0.4, -0.2) is 6.61 Å². The van der Waals surface area contributed by atoms with Crippen molar-refractivity contribution in [2.75, 3.05) is 6.61 Å². The van der Waals surface area contributed by atoms with Gasteiger partial charge in [-0.15, -0.1) is 0 Å². The van der Waals surface area contributed by atoms with Gasteiger partial charge in [0.05, 0.1) is 19.4 Å². The maximum atomic E-state index is 5.52. The summed E-state index contributed by atoms with van der Waals surface area (Å²) in [7, 11) is 0. The normalized spacial score (nSPS) is 11.1. The number of hydrogen-bond donors (Lipinski definition) is 1. The molecule has 1 rings (SSSR count). The lowest BCUT2D eigenvalue weighted by Gasteiger charge is -2.05. The molecule has 2 N–H and O–H groups in total. The van der Waals surface area contributed by atoms with Gasteiger partial charge in [-0.2, -0.15) is 0 Å². The van der Waals surface area contributed by atoms with Crippen molar-refractivity contribution >= 4 is 0 Å². The lowest BCUT2D eigenvalue weighted by atomic mass is 10.1. The van der Waals surface area contributed by atoms with Crippen molar-refractivity contribution in [2.24, 2.45) is 11.7 Å². The fraction of sp³-hybridized carbons (Fsp3) is 0.636. The van der Waals surface area contributed by atoms with Crippen LogP contribution in [0.2, 0.25) is 0 Å². The van der Waals surface area contributed by atoms with E-state index in [4.69, 9.17) is 14.9 Å². The van der Waals surface area contributed by atoms with E-state index in [0.29, 0.717) is 19.1 Å². The molecule has 1 heterocycles. The first-order chi connectivity index (χ1) is 6.74. The first kappa shape index (κ1) is 11.3. The second kappa shape index (κ2) is 5.83. The molecule has 0 spiro atoms. The lowest BCUT2D eigenvalue weighted by Crippen LogP contribution is -2.02. The zero-order chi connectivity index (χ0) is 10.4. The summed E-state index contributed by atoms with van der Waals surface area (Å²) < 4.78 is 10.7. The highest BCUT2D eigenvalue weighted by Gasteiger charge is 2.04. The molecule has 0 radical (unpaired) electrons. The van der Waals surface area contributed by atoms with Gasteiger partial charge < -0.3 is 14.9 Å². The van der Waals surface area contributed by atoms with Gasteiger partial charge in [0.1, 0.15) is 5.76 Å². The van der Waals surface area contributed by atoms with E-state index in [2.05, 4.69) is 13.8 Å². The largest absolute Gasteiger partial charge is 0.468 e. The lowest BCUT2D eigenvalue weighted by molar-refractivity contribution is 0.109. The molecule has 0 fully saturated rings. The van der Waals surface area contributed by atoms with Gasteiger partial charge in [0.25, 0.3) is 0 Å². The Hall–Kier alpha value is -0.800. The molecule has 0 saturated carbocycles. The van der Waals surface area contributed by atoms with Crippen molar-refractivity contribution < 1.29 is 9.15 Å². The van der Waals surface area contributed by atoms with E-state index in [-0.39, 0.29) is 0 Å². The van der Waals surface area contributed by atoms with Gasteiger partial charge in [0, 0.05) is 12.2 Å². The molecule has 0 bridgehead atoms. The number of ether oxygens (including phenoxy) is 1. The average molecular weight is 197 g/mol. The second-order valence-electron chi connectivity index (χ2n) is 3.81. The van der Waals surface area contributed by atoms with E-state index in [1.807, 2.05) is 6.07 Å². The summed E-state index contributed by atoms with van der Waals surface area (Å²) in [5.74, 6) is 1.52. The maximum absolute atomic E-state index is 5.52. The third kappa shape index (κ3) is 3.52. The molecular formula is C11H19NO2. The van der Waals surface area contributed by atoms with Crippen molar-refractivity contribution in [1.29, 1.82) is 0 Å². The summed E-state index contributed by atoms with van der Waals surface area (Å²) in [6.07, 6.45) is 2.75. The average Bonchev–Trinajstić information content (AvgIpc) is 2.59. The molecule has 0 saturated heterocycles. The molecule has 0 unspecified atom stereocenters. The fourth-order valence-corrected chi connectivity index (χ4v) is 1.18. The molecule has 14 heavy (non-hydrogen) atoms. The Kier molecular flexibility index (Phi) is 4.70. The number of nitrogens with two attached hydrogens (primary N) is 1. The predicted molar refractivity (Wildman–Crippen MR) is 55.7 cm³/mol. The molecule has 1 aromatic rings. The van der Waals surface area contributed by atoms with Crippen LogP contribution in [0.25, 0.3) is 0 Å². The molecular weight excluding hydrogens is 178 g/mol.